The Bertz CT molecular complexity index is 363. The first-order valence-corrected chi connectivity index (χ1v) is 5.85. The highest BCUT2D eigenvalue weighted by Crippen LogP contribution is 2.15. The smallest absolute Gasteiger partial charge is 0.231 e. The lowest BCUT2D eigenvalue weighted by Crippen LogP contribution is -2.29. The van der Waals surface area contributed by atoms with Gasteiger partial charge in [-0.05, 0) is 20.8 Å². The van der Waals surface area contributed by atoms with Gasteiger partial charge in [0.25, 0.3) is 0 Å². The van der Waals surface area contributed by atoms with Crippen molar-refractivity contribution in [1.29, 1.82) is 0 Å². The number of hydrogen-bond acceptors (Lipinski definition) is 6. The number of nitrogens with zero attached hydrogens (tertiary/aromatic N) is 5. The maximum absolute atomic E-state index is 4.43. The van der Waals surface area contributed by atoms with E-state index in [4.69, 9.17) is 0 Å². The zero-order valence-corrected chi connectivity index (χ0v) is 11.5. The van der Waals surface area contributed by atoms with Gasteiger partial charge in [-0.15, -0.1) is 0 Å². The summed E-state index contributed by atoms with van der Waals surface area (Å²) >= 11 is 0. The molecule has 0 atom stereocenters. The van der Waals surface area contributed by atoms with Crippen LogP contribution < -0.4 is 15.1 Å². The Hall–Kier alpha value is -1.59. The molecule has 1 rings (SSSR count). The molecule has 1 heterocycles. The molecule has 1 N–H and O–H groups in total. The molecule has 0 saturated heterocycles. The molecule has 0 spiro atoms. The number of rotatable bonds is 5. The zero-order valence-electron chi connectivity index (χ0n) is 11.5. The molecule has 0 bridgehead atoms. The van der Waals surface area contributed by atoms with Gasteiger partial charge in [0.15, 0.2) is 0 Å². The Labute approximate surface area is 103 Å². The second-order valence-electron chi connectivity index (χ2n) is 4.39. The molecule has 0 amide bonds. The van der Waals surface area contributed by atoms with Gasteiger partial charge in [-0.1, -0.05) is 0 Å². The molecule has 1 aromatic rings. The molecule has 0 fully saturated rings. The van der Waals surface area contributed by atoms with Gasteiger partial charge in [0.05, 0.1) is 0 Å². The van der Waals surface area contributed by atoms with Crippen LogP contribution in [0.25, 0.3) is 0 Å². The SMILES string of the molecule is CCNc1nc(N(C)C)nc(N(C)C(C)C)n1. The Morgan fingerprint density at radius 2 is 1.65 bits per heavy atom. The lowest BCUT2D eigenvalue weighted by atomic mass is 10.4. The van der Waals surface area contributed by atoms with Gasteiger partial charge >= 0.3 is 0 Å². The second kappa shape index (κ2) is 5.65. The van der Waals surface area contributed by atoms with Crippen molar-refractivity contribution in [1.82, 2.24) is 15.0 Å². The Morgan fingerprint density at radius 1 is 1.06 bits per heavy atom. The summed E-state index contributed by atoms with van der Waals surface area (Å²) in [5, 5.41) is 3.12. The predicted molar refractivity (Wildman–Crippen MR) is 71.9 cm³/mol. The topological polar surface area (TPSA) is 57.2 Å². The van der Waals surface area contributed by atoms with Crippen LogP contribution in [-0.2, 0) is 0 Å². The third-order valence-corrected chi connectivity index (χ3v) is 2.44. The summed E-state index contributed by atoms with van der Waals surface area (Å²) in [6.07, 6.45) is 0. The van der Waals surface area contributed by atoms with E-state index < -0.39 is 0 Å². The molecule has 6 heteroatoms. The molecule has 1 aromatic heterocycles. The lowest BCUT2D eigenvalue weighted by molar-refractivity contribution is 0.724. The third kappa shape index (κ3) is 3.44. The first-order valence-electron chi connectivity index (χ1n) is 5.85. The molecule has 0 aliphatic heterocycles. The highest BCUT2D eigenvalue weighted by molar-refractivity contribution is 5.44. The van der Waals surface area contributed by atoms with Gasteiger partial charge in [0.1, 0.15) is 0 Å². The van der Waals surface area contributed by atoms with Crippen LogP contribution >= 0.6 is 0 Å². The maximum Gasteiger partial charge on any atom is 0.231 e. The summed E-state index contributed by atoms with van der Waals surface area (Å²) < 4.78 is 0. The van der Waals surface area contributed by atoms with E-state index in [0.717, 1.165) is 6.54 Å². The molecular formula is C11H22N6. The minimum absolute atomic E-state index is 0.349. The quantitative estimate of drug-likeness (QED) is 0.832. The average Bonchev–Trinajstić information content (AvgIpc) is 2.27. The van der Waals surface area contributed by atoms with E-state index in [0.29, 0.717) is 23.9 Å². The standard InChI is InChI=1S/C11H22N6/c1-7-12-9-13-10(16(4)5)15-11(14-9)17(6)8(2)3/h8H,7H2,1-6H3,(H,12,13,14,15). The Kier molecular flexibility index (Phi) is 4.48. The molecule has 0 radical (unpaired) electrons. The molecular weight excluding hydrogens is 216 g/mol. The predicted octanol–water partition coefficient (Wildman–Crippen LogP) is 1.21. The van der Waals surface area contributed by atoms with E-state index in [-0.39, 0.29) is 0 Å². The van der Waals surface area contributed by atoms with Crippen LogP contribution in [0.1, 0.15) is 20.8 Å². The van der Waals surface area contributed by atoms with E-state index in [1.807, 2.05) is 37.9 Å². The maximum atomic E-state index is 4.43. The van der Waals surface area contributed by atoms with Crippen molar-refractivity contribution < 1.29 is 0 Å². The summed E-state index contributed by atoms with van der Waals surface area (Å²) in [5.41, 5.74) is 0. The molecule has 0 saturated carbocycles. The van der Waals surface area contributed by atoms with Gasteiger partial charge in [-0.2, -0.15) is 15.0 Å². The van der Waals surface area contributed by atoms with Crippen molar-refractivity contribution in [2.24, 2.45) is 0 Å². The molecule has 0 aliphatic carbocycles. The van der Waals surface area contributed by atoms with Crippen LogP contribution in [0.15, 0.2) is 0 Å². The minimum atomic E-state index is 0.349. The van der Waals surface area contributed by atoms with Crippen LogP contribution in [0.3, 0.4) is 0 Å². The monoisotopic (exact) mass is 238 g/mol. The zero-order chi connectivity index (χ0) is 13.0. The van der Waals surface area contributed by atoms with Gasteiger partial charge in [0, 0.05) is 33.7 Å². The largest absolute Gasteiger partial charge is 0.354 e. The van der Waals surface area contributed by atoms with Crippen LogP contribution in [0, 0.1) is 0 Å². The molecule has 6 nitrogen and oxygen atoms in total. The molecule has 17 heavy (non-hydrogen) atoms. The fraction of sp³-hybridized carbons (Fsp3) is 0.727. The first kappa shape index (κ1) is 13.5. The van der Waals surface area contributed by atoms with Crippen LogP contribution in [0.4, 0.5) is 17.8 Å². The van der Waals surface area contributed by atoms with Crippen molar-refractivity contribution in [3.05, 3.63) is 0 Å². The van der Waals surface area contributed by atoms with E-state index >= 15 is 0 Å². The van der Waals surface area contributed by atoms with Crippen LogP contribution in [0.2, 0.25) is 0 Å². The van der Waals surface area contributed by atoms with Crippen LogP contribution in [-0.4, -0.2) is 48.7 Å². The van der Waals surface area contributed by atoms with E-state index in [9.17, 15) is 0 Å². The summed E-state index contributed by atoms with van der Waals surface area (Å²) in [7, 11) is 5.82. The number of hydrogen-bond donors (Lipinski definition) is 1. The highest BCUT2D eigenvalue weighted by atomic mass is 15.3. The fourth-order valence-electron chi connectivity index (χ4n) is 1.18. The molecule has 0 unspecified atom stereocenters. The van der Waals surface area contributed by atoms with Crippen molar-refractivity contribution in [3.63, 3.8) is 0 Å². The first-order chi connectivity index (χ1) is 7.95. The van der Waals surface area contributed by atoms with E-state index in [2.05, 4.69) is 34.1 Å². The fourth-order valence-corrected chi connectivity index (χ4v) is 1.18. The lowest BCUT2D eigenvalue weighted by Gasteiger charge is -2.23. The minimum Gasteiger partial charge on any atom is -0.354 e. The number of aromatic nitrogens is 3. The van der Waals surface area contributed by atoms with Gasteiger partial charge in [-0.3, -0.25) is 0 Å². The second-order valence-corrected chi connectivity index (χ2v) is 4.39. The third-order valence-electron chi connectivity index (χ3n) is 2.44. The molecule has 96 valence electrons. The molecule has 0 aliphatic rings. The van der Waals surface area contributed by atoms with Crippen LogP contribution in [0.5, 0.6) is 0 Å². The van der Waals surface area contributed by atoms with Gasteiger partial charge in [-0.25, -0.2) is 0 Å². The van der Waals surface area contributed by atoms with Crippen molar-refractivity contribution in [2.75, 3.05) is 42.8 Å². The Balaban J connectivity index is 3.11. The highest BCUT2D eigenvalue weighted by Gasteiger charge is 2.13. The summed E-state index contributed by atoms with van der Waals surface area (Å²) in [4.78, 5) is 17.0. The normalized spacial score (nSPS) is 10.5. The Morgan fingerprint density at radius 3 is 2.12 bits per heavy atom. The summed E-state index contributed by atoms with van der Waals surface area (Å²) in [5.74, 6) is 1.97. The summed E-state index contributed by atoms with van der Waals surface area (Å²) in [6.45, 7) is 7.02. The van der Waals surface area contributed by atoms with Crippen molar-refractivity contribution in [2.45, 2.75) is 26.8 Å². The molecule has 0 aromatic carbocycles. The van der Waals surface area contributed by atoms with E-state index in [1.165, 1.54) is 0 Å². The average molecular weight is 238 g/mol. The number of anilines is 3. The van der Waals surface area contributed by atoms with Crippen molar-refractivity contribution >= 4 is 17.8 Å². The van der Waals surface area contributed by atoms with E-state index in [1.54, 1.807) is 0 Å². The number of nitrogens with one attached hydrogen (secondary N) is 1. The van der Waals surface area contributed by atoms with Crippen molar-refractivity contribution in [3.8, 4) is 0 Å². The summed E-state index contributed by atoms with van der Waals surface area (Å²) in [6, 6.07) is 0.349. The van der Waals surface area contributed by atoms with Gasteiger partial charge in [0.2, 0.25) is 17.8 Å². The van der Waals surface area contributed by atoms with Gasteiger partial charge < -0.3 is 15.1 Å².